The Morgan fingerprint density at radius 2 is 2.15 bits per heavy atom. The molecule has 20 heavy (non-hydrogen) atoms. The number of rotatable bonds is 3. The first-order valence-electron chi connectivity index (χ1n) is 5.76. The topological polar surface area (TPSA) is 69.4 Å². The average molecular weight is 272 g/mol. The van der Waals surface area contributed by atoms with Crippen LogP contribution < -0.4 is 4.74 Å². The van der Waals surface area contributed by atoms with Crippen molar-refractivity contribution in [2.45, 2.75) is 0 Å². The Kier molecular flexibility index (Phi) is 2.86. The Morgan fingerprint density at radius 1 is 1.30 bits per heavy atom. The Morgan fingerprint density at radius 3 is 2.90 bits per heavy atom. The molecule has 0 bridgehead atoms. The summed E-state index contributed by atoms with van der Waals surface area (Å²) in [6.07, 6.45) is 3.15. The Labute approximate surface area is 112 Å². The van der Waals surface area contributed by atoms with E-state index in [1.165, 1.54) is 18.5 Å². The molecule has 7 heteroatoms. The summed E-state index contributed by atoms with van der Waals surface area (Å²) in [5, 5.41) is 3.33. The number of benzene rings is 1. The summed E-state index contributed by atoms with van der Waals surface area (Å²) in [6, 6.07) is 5.49. The molecular weight excluding hydrogens is 263 g/mol. The summed E-state index contributed by atoms with van der Waals surface area (Å²) in [6.45, 7) is 0. The number of fused-ring (bicyclic) bond motifs is 1. The van der Waals surface area contributed by atoms with Crippen molar-refractivity contribution in [1.29, 1.82) is 0 Å². The maximum atomic E-state index is 13.8. The molecule has 0 saturated carbocycles. The average Bonchev–Trinajstić information content (AvgIpc) is 2.84. The molecule has 0 spiro atoms. The fraction of sp³-hybridized carbons (Fsp3) is 0.0769. The van der Waals surface area contributed by atoms with Gasteiger partial charge in [-0.05, 0) is 23.4 Å². The SMILES string of the molecule is Cn1ccc2c(Oc3ccc(N=O)cc3F)ncnc21. The van der Waals surface area contributed by atoms with Gasteiger partial charge >= 0.3 is 0 Å². The van der Waals surface area contributed by atoms with Gasteiger partial charge in [-0.25, -0.2) is 14.4 Å². The Bertz CT molecular complexity index is 800. The van der Waals surface area contributed by atoms with Crippen LogP contribution in [0.4, 0.5) is 10.1 Å². The fourth-order valence-electron chi connectivity index (χ4n) is 1.87. The van der Waals surface area contributed by atoms with Crippen LogP contribution in [-0.4, -0.2) is 14.5 Å². The van der Waals surface area contributed by atoms with Gasteiger partial charge in [0.1, 0.15) is 17.7 Å². The first kappa shape index (κ1) is 12.2. The third-order valence-corrected chi connectivity index (χ3v) is 2.85. The van der Waals surface area contributed by atoms with Gasteiger partial charge in [0.25, 0.3) is 0 Å². The van der Waals surface area contributed by atoms with E-state index in [9.17, 15) is 9.30 Å². The number of ether oxygens (including phenoxy) is 1. The van der Waals surface area contributed by atoms with E-state index in [0.29, 0.717) is 11.0 Å². The summed E-state index contributed by atoms with van der Waals surface area (Å²) < 4.78 is 21.0. The Hall–Kier alpha value is -2.83. The summed E-state index contributed by atoms with van der Waals surface area (Å²) >= 11 is 0. The van der Waals surface area contributed by atoms with Crippen molar-refractivity contribution in [1.82, 2.24) is 14.5 Å². The summed E-state index contributed by atoms with van der Waals surface area (Å²) in [5.41, 5.74) is 0.684. The molecule has 3 rings (SSSR count). The van der Waals surface area contributed by atoms with E-state index in [4.69, 9.17) is 4.74 Å². The van der Waals surface area contributed by atoms with Crippen molar-refractivity contribution in [3.8, 4) is 11.6 Å². The number of aromatic nitrogens is 3. The van der Waals surface area contributed by atoms with Gasteiger partial charge in [-0.15, -0.1) is 4.91 Å². The lowest BCUT2D eigenvalue weighted by molar-refractivity contribution is 0.432. The fourth-order valence-corrected chi connectivity index (χ4v) is 1.87. The molecule has 6 nitrogen and oxygen atoms in total. The van der Waals surface area contributed by atoms with Crippen molar-refractivity contribution in [3.05, 3.63) is 47.5 Å². The van der Waals surface area contributed by atoms with Crippen LogP contribution in [0.3, 0.4) is 0 Å². The molecule has 0 N–H and O–H groups in total. The normalized spacial score (nSPS) is 10.7. The zero-order valence-electron chi connectivity index (χ0n) is 10.4. The molecule has 0 unspecified atom stereocenters. The smallest absolute Gasteiger partial charge is 0.231 e. The third-order valence-electron chi connectivity index (χ3n) is 2.85. The maximum Gasteiger partial charge on any atom is 0.231 e. The van der Waals surface area contributed by atoms with E-state index in [2.05, 4.69) is 15.1 Å². The van der Waals surface area contributed by atoms with Crippen LogP contribution in [0.25, 0.3) is 11.0 Å². The highest BCUT2D eigenvalue weighted by atomic mass is 19.1. The number of halogens is 1. The van der Waals surface area contributed by atoms with Crippen molar-refractivity contribution >= 4 is 16.7 Å². The van der Waals surface area contributed by atoms with E-state index in [1.807, 2.05) is 13.2 Å². The van der Waals surface area contributed by atoms with Gasteiger partial charge in [0, 0.05) is 19.3 Å². The molecule has 0 aliphatic rings. The van der Waals surface area contributed by atoms with Crippen LogP contribution >= 0.6 is 0 Å². The molecule has 0 fully saturated rings. The largest absolute Gasteiger partial charge is 0.435 e. The van der Waals surface area contributed by atoms with E-state index < -0.39 is 5.82 Å². The van der Waals surface area contributed by atoms with Gasteiger partial charge in [0.05, 0.1) is 5.39 Å². The molecule has 0 aliphatic heterocycles. The van der Waals surface area contributed by atoms with Crippen molar-refractivity contribution in [2.75, 3.05) is 0 Å². The second-order valence-corrected chi connectivity index (χ2v) is 4.15. The predicted octanol–water partition coefficient (Wildman–Crippen LogP) is 3.30. The standard InChI is InChI=1S/C13H9FN4O2/c1-18-5-4-9-12(18)15-7-16-13(9)20-11-3-2-8(17-19)6-10(11)14/h2-7H,1H3. The van der Waals surface area contributed by atoms with Gasteiger partial charge in [0.2, 0.25) is 5.88 Å². The lowest BCUT2D eigenvalue weighted by Crippen LogP contribution is -1.94. The number of hydrogen-bond acceptors (Lipinski definition) is 5. The van der Waals surface area contributed by atoms with Gasteiger partial charge in [0.15, 0.2) is 11.6 Å². The zero-order chi connectivity index (χ0) is 14.1. The van der Waals surface area contributed by atoms with Crippen molar-refractivity contribution in [2.24, 2.45) is 12.2 Å². The minimum absolute atomic E-state index is 0.00222. The molecule has 2 heterocycles. The minimum Gasteiger partial charge on any atom is -0.435 e. The second-order valence-electron chi connectivity index (χ2n) is 4.15. The molecule has 100 valence electrons. The predicted molar refractivity (Wildman–Crippen MR) is 70.4 cm³/mol. The minimum atomic E-state index is -0.676. The quantitative estimate of drug-likeness (QED) is 0.686. The van der Waals surface area contributed by atoms with E-state index in [0.717, 1.165) is 6.07 Å². The van der Waals surface area contributed by atoms with Crippen LogP contribution in [0.1, 0.15) is 0 Å². The van der Waals surface area contributed by atoms with Crippen molar-refractivity contribution in [3.63, 3.8) is 0 Å². The van der Waals surface area contributed by atoms with Crippen LogP contribution in [-0.2, 0) is 7.05 Å². The van der Waals surface area contributed by atoms with Crippen molar-refractivity contribution < 1.29 is 9.13 Å². The molecule has 2 aromatic heterocycles. The second kappa shape index (κ2) is 4.69. The summed E-state index contributed by atoms with van der Waals surface area (Å²) in [7, 11) is 1.84. The van der Waals surface area contributed by atoms with Crippen LogP contribution in [0, 0.1) is 10.7 Å². The highest BCUT2D eigenvalue weighted by Gasteiger charge is 2.12. The molecule has 0 saturated heterocycles. The summed E-state index contributed by atoms with van der Waals surface area (Å²) in [4.78, 5) is 18.4. The van der Waals surface area contributed by atoms with Crippen LogP contribution in [0.15, 0.2) is 42.0 Å². The number of hydrogen-bond donors (Lipinski definition) is 0. The number of nitroso groups, excluding NO2 is 1. The van der Waals surface area contributed by atoms with E-state index >= 15 is 0 Å². The molecule has 0 amide bonds. The Balaban J connectivity index is 2.03. The number of nitrogens with zero attached hydrogens (tertiary/aromatic N) is 4. The zero-order valence-corrected chi connectivity index (χ0v) is 10.4. The van der Waals surface area contributed by atoms with Gasteiger partial charge in [-0.3, -0.25) is 0 Å². The third kappa shape index (κ3) is 1.99. The molecule has 0 radical (unpaired) electrons. The monoisotopic (exact) mass is 272 g/mol. The van der Waals surface area contributed by atoms with Gasteiger partial charge in [-0.2, -0.15) is 0 Å². The molecule has 3 aromatic rings. The molecule has 0 aliphatic carbocycles. The highest BCUT2D eigenvalue weighted by Crippen LogP contribution is 2.30. The lowest BCUT2D eigenvalue weighted by Gasteiger charge is -2.06. The molecule has 0 atom stereocenters. The van der Waals surface area contributed by atoms with Gasteiger partial charge < -0.3 is 9.30 Å². The summed E-state index contributed by atoms with van der Waals surface area (Å²) in [5.74, 6) is -0.452. The van der Waals surface area contributed by atoms with E-state index in [-0.39, 0.29) is 17.3 Å². The molecule has 1 aromatic carbocycles. The first-order valence-corrected chi connectivity index (χ1v) is 5.76. The molecular formula is C13H9FN4O2. The highest BCUT2D eigenvalue weighted by molar-refractivity contribution is 5.81. The van der Waals surface area contributed by atoms with Crippen LogP contribution in [0.2, 0.25) is 0 Å². The van der Waals surface area contributed by atoms with E-state index in [1.54, 1.807) is 10.6 Å². The van der Waals surface area contributed by atoms with Crippen LogP contribution in [0.5, 0.6) is 11.6 Å². The number of aryl methyl sites for hydroxylation is 1. The van der Waals surface area contributed by atoms with Gasteiger partial charge in [-0.1, -0.05) is 0 Å². The lowest BCUT2D eigenvalue weighted by atomic mass is 10.3. The first-order chi connectivity index (χ1) is 9.69. The maximum absolute atomic E-state index is 13.8.